The van der Waals surface area contributed by atoms with E-state index in [0.717, 1.165) is 0 Å². The third kappa shape index (κ3) is 3.87. The van der Waals surface area contributed by atoms with Gasteiger partial charge in [-0.15, -0.1) is 0 Å². The van der Waals surface area contributed by atoms with Crippen molar-refractivity contribution in [2.24, 2.45) is 0 Å². The Hall–Kier alpha value is -3.07. The van der Waals surface area contributed by atoms with Crippen molar-refractivity contribution in [1.82, 2.24) is 9.88 Å². The number of benzene rings is 1. The van der Waals surface area contributed by atoms with Crippen molar-refractivity contribution >= 4 is 5.91 Å². The number of amides is 1. The summed E-state index contributed by atoms with van der Waals surface area (Å²) in [6, 6.07) is 9.23. The lowest BCUT2D eigenvalue weighted by atomic mass is 9.94. The van der Waals surface area contributed by atoms with Crippen LogP contribution in [0.5, 0.6) is 11.6 Å². The third-order valence-corrected chi connectivity index (χ3v) is 4.32. The van der Waals surface area contributed by atoms with Crippen LogP contribution in [0, 0.1) is 11.3 Å². The molecule has 0 saturated carbocycles. The SMILES string of the molecule is COc1cccc(-c2ccnc(OC)c2C#N)c1C(=O)N(C(C)C)C(C)C. The molecule has 2 aromatic rings. The molecule has 0 unspecified atom stereocenters. The highest BCUT2D eigenvalue weighted by atomic mass is 16.5. The van der Waals surface area contributed by atoms with Crippen molar-refractivity contribution < 1.29 is 14.3 Å². The highest BCUT2D eigenvalue weighted by Crippen LogP contribution is 2.36. The highest BCUT2D eigenvalue weighted by Gasteiger charge is 2.28. The quantitative estimate of drug-likeness (QED) is 0.774. The highest BCUT2D eigenvalue weighted by molar-refractivity contribution is 6.04. The lowest BCUT2D eigenvalue weighted by molar-refractivity contribution is 0.0641. The van der Waals surface area contributed by atoms with E-state index in [9.17, 15) is 10.1 Å². The zero-order valence-corrected chi connectivity index (χ0v) is 16.6. The number of carbonyl (C=O) groups excluding carboxylic acids is 1. The summed E-state index contributed by atoms with van der Waals surface area (Å²) in [7, 11) is 2.99. The van der Waals surface area contributed by atoms with Crippen molar-refractivity contribution in [2.45, 2.75) is 39.8 Å². The second-order valence-corrected chi connectivity index (χ2v) is 6.64. The fourth-order valence-electron chi connectivity index (χ4n) is 3.27. The minimum Gasteiger partial charge on any atom is -0.496 e. The molecule has 27 heavy (non-hydrogen) atoms. The summed E-state index contributed by atoms with van der Waals surface area (Å²) in [5, 5.41) is 9.64. The maximum Gasteiger partial charge on any atom is 0.258 e. The van der Waals surface area contributed by atoms with E-state index in [-0.39, 0.29) is 29.4 Å². The van der Waals surface area contributed by atoms with E-state index in [2.05, 4.69) is 11.1 Å². The Morgan fingerprint density at radius 2 is 1.74 bits per heavy atom. The van der Waals surface area contributed by atoms with Crippen LogP contribution in [0.25, 0.3) is 11.1 Å². The van der Waals surface area contributed by atoms with Gasteiger partial charge < -0.3 is 14.4 Å². The van der Waals surface area contributed by atoms with Crippen LogP contribution >= 0.6 is 0 Å². The minimum absolute atomic E-state index is 0.0117. The van der Waals surface area contributed by atoms with Gasteiger partial charge in [-0.3, -0.25) is 4.79 Å². The van der Waals surface area contributed by atoms with Gasteiger partial charge in [-0.25, -0.2) is 4.98 Å². The molecule has 0 fully saturated rings. The topological polar surface area (TPSA) is 75.5 Å². The van der Waals surface area contributed by atoms with Gasteiger partial charge in [0.25, 0.3) is 5.91 Å². The van der Waals surface area contributed by atoms with Gasteiger partial charge >= 0.3 is 0 Å². The molecule has 6 nitrogen and oxygen atoms in total. The largest absolute Gasteiger partial charge is 0.496 e. The fourth-order valence-corrected chi connectivity index (χ4v) is 3.27. The van der Waals surface area contributed by atoms with Gasteiger partial charge in [0.05, 0.1) is 19.8 Å². The second-order valence-electron chi connectivity index (χ2n) is 6.64. The predicted octanol–water partition coefficient (Wildman–Crippen LogP) is 3.90. The Bertz CT molecular complexity index is 861. The number of aromatic nitrogens is 1. The standard InChI is InChI=1S/C21H25N3O3/c1-13(2)24(14(3)4)21(25)19-16(8-7-9-18(19)26-5)15-10-11-23-20(27-6)17(15)12-22/h7-11,13-14H,1-6H3. The van der Waals surface area contributed by atoms with Crippen molar-refractivity contribution in [3.8, 4) is 28.8 Å². The normalized spacial score (nSPS) is 10.6. The van der Waals surface area contributed by atoms with E-state index in [4.69, 9.17) is 9.47 Å². The summed E-state index contributed by atoms with van der Waals surface area (Å²) in [5.74, 6) is 0.538. The van der Waals surface area contributed by atoms with Gasteiger partial charge in [0.1, 0.15) is 17.4 Å². The number of nitriles is 1. The summed E-state index contributed by atoms with van der Waals surface area (Å²) in [5.41, 5.74) is 1.90. The van der Waals surface area contributed by atoms with Crippen molar-refractivity contribution in [2.75, 3.05) is 14.2 Å². The zero-order chi connectivity index (χ0) is 20.1. The average Bonchev–Trinajstić information content (AvgIpc) is 2.65. The average molecular weight is 367 g/mol. The molecule has 142 valence electrons. The lowest BCUT2D eigenvalue weighted by Gasteiger charge is -2.32. The molecular weight excluding hydrogens is 342 g/mol. The molecule has 2 rings (SSSR count). The van der Waals surface area contributed by atoms with E-state index in [0.29, 0.717) is 22.4 Å². The van der Waals surface area contributed by atoms with Crippen molar-refractivity contribution in [3.63, 3.8) is 0 Å². The molecule has 0 saturated heterocycles. The molecule has 0 aliphatic heterocycles. The van der Waals surface area contributed by atoms with Crippen LogP contribution < -0.4 is 9.47 Å². The summed E-state index contributed by atoms with van der Waals surface area (Å²) < 4.78 is 10.7. The maximum atomic E-state index is 13.5. The van der Waals surface area contributed by atoms with Crippen LogP contribution in [0.3, 0.4) is 0 Å². The first kappa shape index (κ1) is 20.2. The van der Waals surface area contributed by atoms with Crippen LogP contribution in [0.2, 0.25) is 0 Å². The summed E-state index contributed by atoms with van der Waals surface area (Å²) in [6.45, 7) is 7.90. The number of carbonyl (C=O) groups is 1. The lowest BCUT2D eigenvalue weighted by Crippen LogP contribution is -2.42. The molecule has 0 radical (unpaired) electrons. The number of rotatable bonds is 6. The summed E-state index contributed by atoms with van der Waals surface area (Å²) in [6.07, 6.45) is 1.56. The first-order valence-electron chi connectivity index (χ1n) is 8.80. The molecule has 6 heteroatoms. The zero-order valence-electron chi connectivity index (χ0n) is 16.6. The minimum atomic E-state index is -0.146. The molecular formula is C21H25N3O3. The first-order chi connectivity index (χ1) is 12.9. The molecule has 1 aromatic carbocycles. The van der Waals surface area contributed by atoms with Gasteiger partial charge in [0, 0.05) is 23.8 Å². The number of hydrogen-bond acceptors (Lipinski definition) is 5. The number of pyridine rings is 1. The smallest absolute Gasteiger partial charge is 0.258 e. The van der Waals surface area contributed by atoms with E-state index < -0.39 is 0 Å². The third-order valence-electron chi connectivity index (χ3n) is 4.32. The molecule has 0 atom stereocenters. The van der Waals surface area contributed by atoms with Crippen molar-refractivity contribution in [1.29, 1.82) is 5.26 Å². The first-order valence-corrected chi connectivity index (χ1v) is 8.80. The summed E-state index contributed by atoms with van der Waals surface area (Å²) >= 11 is 0. The van der Waals surface area contributed by atoms with Crippen LogP contribution in [-0.2, 0) is 0 Å². The molecule has 0 N–H and O–H groups in total. The van der Waals surface area contributed by atoms with E-state index in [1.54, 1.807) is 29.3 Å². The molecule has 1 amide bonds. The fraction of sp³-hybridized carbons (Fsp3) is 0.381. The number of hydrogen-bond donors (Lipinski definition) is 0. The van der Waals surface area contributed by atoms with Gasteiger partial charge in [0.15, 0.2) is 0 Å². The van der Waals surface area contributed by atoms with Crippen LogP contribution in [0.1, 0.15) is 43.6 Å². The second kappa shape index (κ2) is 8.54. The molecule has 1 aromatic heterocycles. The maximum absolute atomic E-state index is 13.5. The van der Waals surface area contributed by atoms with Gasteiger partial charge in [-0.1, -0.05) is 12.1 Å². The Balaban J connectivity index is 2.79. The van der Waals surface area contributed by atoms with Gasteiger partial charge in [-0.05, 0) is 45.4 Å². The Kier molecular flexibility index (Phi) is 6.40. The molecule has 0 aliphatic carbocycles. The number of nitrogens with zero attached hydrogens (tertiary/aromatic N) is 3. The van der Waals surface area contributed by atoms with E-state index >= 15 is 0 Å². The number of ether oxygens (including phenoxy) is 2. The van der Waals surface area contributed by atoms with Gasteiger partial charge in [0.2, 0.25) is 5.88 Å². The predicted molar refractivity (Wildman–Crippen MR) is 104 cm³/mol. The van der Waals surface area contributed by atoms with E-state index in [1.165, 1.54) is 14.2 Å². The van der Waals surface area contributed by atoms with Crippen LogP contribution in [0.15, 0.2) is 30.5 Å². The molecule has 0 aliphatic rings. The van der Waals surface area contributed by atoms with Crippen molar-refractivity contribution in [3.05, 3.63) is 41.6 Å². The molecule has 1 heterocycles. The van der Waals surface area contributed by atoms with E-state index in [1.807, 2.05) is 33.8 Å². The monoisotopic (exact) mass is 367 g/mol. The molecule has 0 spiro atoms. The number of methoxy groups -OCH3 is 2. The Labute approximate surface area is 160 Å². The Morgan fingerprint density at radius 3 is 2.26 bits per heavy atom. The Morgan fingerprint density at radius 1 is 1.07 bits per heavy atom. The van der Waals surface area contributed by atoms with Crippen LogP contribution in [-0.4, -0.2) is 42.1 Å². The van der Waals surface area contributed by atoms with Gasteiger partial charge in [-0.2, -0.15) is 5.26 Å². The van der Waals surface area contributed by atoms with Crippen LogP contribution in [0.4, 0.5) is 0 Å². The molecule has 0 bridgehead atoms. The summed E-state index contributed by atoms with van der Waals surface area (Å²) in [4.78, 5) is 19.4.